The van der Waals surface area contributed by atoms with E-state index in [2.05, 4.69) is 4.98 Å². The number of ketones is 2. The first-order valence-corrected chi connectivity index (χ1v) is 15.8. The predicted molar refractivity (Wildman–Crippen MR) is 158 cm³/mol. The first-order chi connectivity index (χ1) is 19.5. The van der Waals surface area contributed by atoms with Crippen molar-refractivity contribution in [2.45, 2.75) is 66.2 Å². The number of amides is 1. The number of pyridine rings is 1. The van der Waals surface area contributed by atoms with Crippen LogP contribution in [0.4, 0.5) is 0 Å². The van der Waals surface area contributed by atoms with Gasteiger partial charge in [0.1, 0.15) is 23.0 Å². The summed E-state index contributed by atoms with van der Waals surface area (Å²) in [5, 5.41) is 0. The zero-order valence-electron chi connectivity index (χ0n) is 27.0. The number of carbonyl (C=O) groups excluding carboxylic acids is 3. The van der Waals surface area contributed by atoms with E-state index in [1.165, 1.54) is 6.07 Å². The maximum absolute atomic E-state index is 13.8. The molecule has 5 rings (SSSR count). The third-order valence-corrected chi connectivity index (χ3v) is 8.66. The SMILES string of the molecule is COc1ccc(-c2cccc(C(=O)NS(C)(=O)=O)n2)c(C)c1C1C2=C(CC(C)(C)CC2=O)OC2=C1C(=O)CC(C)(C)C2.[H-].[K+]. The van der Waals surface area contributed by atoms with E-state index in [4.69, 9.17) is 9.47 Å². The molecular formula is C32H37KN2O7S. The zero-order chi connectivity index (χ0) is 30.8. The maximum atomic E-state index is 13.8. The molecule has 2 aromatic rings. The summed E-state index contributed by atoms with van der Waals surface area (Å²) >= 11 is 0. The summed E-state index contributed by atoms with van der Waals surface area (Å²) in [6, 6.07) is 8.35. The number of ether oxygens (including phenoxy) is 2. The third-order valence-electron chi connectivity index (χ3n) is 8.10. The summed E-state index contributed by atoms with van der Waals surface area (Å²) in [6.45, 7) is 10.0. The minimum Gasteiger partial charge on any atom is -1.00 e. The molecule has 1 aliphatic heterocycles. The number of carbonyl (C=O) groups is 3. The Kier molecular flexibility index (Phi) is 9.40. The van der Waals surface area contributed by atoms with Crippen molar-refractivity contribution in [3.8, 4) is 17.0 Å². The van der Waals surface area contributed by atoms with E-state index in [1.54, 1.807) is 31.4 Å². The molecule has 0 fully saturated rings. The third kappa shape index (κ3) is 6.77. The van der Waals surface area contributed by atoms with Crippen LogP contribution >= 0.6 is 0 Å². The van der Waals surface area contributed by atoms with Gasteiger partial charge in [-0.2, -0.15) is 0 Å². The fourth-order valence-electron chi connectivity index (χ4n) is 6.41. The van der Waals surface area contributed by atoms with Gasteiger partial charge in [0.2, 0.25) is 10.0 Å². The van der Waals surface area contributed by atoms with Crippen LogP contribution in [0, 0.1) is 17.8 Å². The van der Waals surface area contributed by atoms with Gasteiger partial charge in [-0.25, -0.2) is 18.1 Å². The minimum absolute atomic E-state index is 0. The Morgan fingerprint density at radius 2 is 1.53 bits per heavy atom. The van der Waals surface area contributed by atoms with Gasteiger partial charge in [-0.1, -0.05) is 33.8 Å². The largest absolute Gasteiger partial charge is 1.00 e. The number of hydrogen-bond donors (Lipinski definition) is 1. The summed E-state index contributed by atoms with van der Waals surface area (Å²) in [5.41, 5.74) is 2.83. The fourth-order valence-corrected chi connectivity index (χ4v) is 6.85. The van der Waals surface area contributed by atoms with Crippen molar-refractivity contribution in [2.75, 3.05) is 13.4 Å². The van der Waals surface area contributed by atoms with E-state index >= 15 is 0 Å². The van der Waals surface area contributed by atoms with E-state index < -0.39 is 21.8 Å². The summed E-state index contributed by atoms with van der Waals surface area (Å²) in [4.78, 5) is 44.7. The van der Waals surface area contributed by atoms with Gasteiger partial charge in [0, 0.05) is 48.0 Å². The van der Waals surface area contributed by atoms with Crippen LogP contribution < -0.4 is 60.8 Å². The Hall–Kier alpha value is -2.15. The van der Waals surface area contributed by atoms with E-state index in [1.807, 2.05) is 39.3 Å². The van der Waals surface area contributed by atoms with Crippen molar-refractivity contribution in [3.63, 3.8) is 0 Å². The van der Waals surface area contributed by atoms with Crippen LogP contribution in [-0.4, -0.2) is 44.2 Å². The normalized spacial score (nSPS) is 19.6. The van der Waals surface area contributed by atoms with Crippen LogP contribution in [0.25, 0.3) is 11.3 Å². The van der Waals surface area contributed by atoms with Crippen LogP contribution in [0.15, 0.2) is 53.0 Å². The minimum atomic E-state index is -3.78. The second-order valence-electron chi connectivity index (χ2n) is 13.1. The van der Waals surface area contributed by atoms with Gasteiger partial charge < -0.3 is 10.9 Å². The molecule has 9 nitrogen and oxygen atoms in total. The molecule has 0 saturated carbocycles. The molecule has 2 heterocycles. The Bertz CT molecular complexity index is 1680. The standard InChI is InChI=1S/C32H36N2O7S.K.H/c1-17-18(19-9-8-10-20(33-19)30(37)34-42(7,38)39)11-12-23(40-6)26(17)29-27-21(35)13-31(2,3)15-24(27)41-25-16-32(4,5)14-22(36)28(25)29;;/h8-12,29H,13-16H2,1-7H3,(H,34,37);;/q;+1;-1. The second-order valence-corrected chi connectivity index (χ2v) is 14.8. The molecule has 0 atom stereocenters. The topological polar surface area (TPSA) is 129 Å². The quantitative estimate of drug-likeness (QED) is 0.498. The smallest absolute Gasteiger partial charge is 1.00 e. The average molecular weight is 633 g/mol. The predicted octanol–water partition coefficient (Wildman–Crippen LogP) is 2.27. The molecule has 0 unspecified atom stereocenters. The van der Waals surface area contributed by atoms with Gasteiger partial charge in [-0.05, 0) is 47.6 Å². The molecule has 0 radical (unpaired) electrons. The molecule has 224 valence electrons. The molecule has 43 heavy (non-hydrogen) atoms. The molecule has 3 aliphatic rings. The van der Waals surface area contributed by atoms with Crippen LogP contribution in [0.5, 0.6) is 5.75 Å². The Balaban J connectivity index is 0.00000264. The van der Waals surface area contributed by atoms with Crippen molar-refractivity contribution in [1.82, 2.24) is 9.71 Å². The number of aromatic nitrogens is 1. The number of benzene rings is 1. The van der Waals surface area contributed by atoms with E-state index in [9.17, 15) is 22.8 Å². The summed E-state index contributed by atoms with van der Waals surface area (Å²) in [6.07, 6.45) is 2.68. The van der Waals surface area contributed by atoms with Crippen LogP contribution in [0.3, 0.4) is 0 Å². The number of allylic oxidation sites excluding steroid dienone is 4. The molecule has 0 saturated heterocycles. The van der Waals surface area contributed by atoms with Crippen LogP contribution in [0.1, 0.15) is 82.3 Å². The number of hydrogen-bond acceptors (Lipinski definition) is 8. The molecular weight excluding hydrogens is 596 g/mol. The monoisotopic (exact) mass is 632 g/mol. The van der Waals surface area contributed by atoms with Gasteiger partial charge in [-0.15, -0.1) is 0 Å². The molecule has 0 bridgehead atoms. The van der Waals surface area contributed by atoms with Crippen LogP contribution in [0.2, 0.25) is 0 Å². The number of methoxy groups -OCH3 is 1. The van der Waals surface area contributed by atoms with Gasteiger partial charge in [0.05, 0.1) is 25.0 Å². The zero-order valence-corrected chi connectivity index (χ0v) is 29.9. The number of rotatable bonds is 5. The van der Waals surface area contributed by atoms with E-state index in [0.29, 0.717) is 70.9 Å². The van der Waals surface area contributed by atoms with Gasteiger partial charge >= 0.3 is 51.4 Å². The fraction of sp³-hybridized carbons (Fsp3) is 0.438. The van der Waals surface area contributed by atoms with Crippen molar-refractivity contribution in [1.29, 1.82) is 0 Å². The van der Waals surface area contributed by atoms with E-state index in [0.717, 1.165) is 11.8 Å². The molecule has 0 spiro atoms. The first-order valence-electron chi connectivity index (χ1n) is 13.9. The Morgan fingerprint density at radius 3 is 2.05 bits per heavy atom. The van der Waals surface area contributed by atoms with Crippen molar-refractivity contribution in [3.05, 3.63) is 69.8 Å². The first kappa shape index (κ1) is 33.7. The Labute approximate surface area is 296 Å². The molecule has 1 aromatic heterocycles. The second kappa shape index (κ2) is 12.0. The van der Waals surface area contributed by atoms with Crippen molar-refractivity contribution in [2.24, 2.45) is 10.8 Å². The average Bonchev–Trinajstić information content (AvgIpc) is 2.84. The Morgan fingerprint density at radius 1 is 0.977 bits per heavy atom. The van der Waals surface area contributed by atoms with Crippen LogP contribution in [-0.2, 0) is 24.3 Å². The summed E-state index contributed by atoms with van der Waals surface area (Å²) in [5.74, 6) is 0.0980. The number of nitrogens with one attached hydrogen (secondary N) is 1. The molecule has 1 aromatic carbocycles. The van der Waals surface area contributed by atoms with E-state index in [-0.39, 0.29) is 80.9 Å². The molecule has 1 amide bonds. The van der Waals surface area contributed by atoms with Gasteiger partial charge in [0.15, 0.2) is 11.6 Å². The molecule has 2 aliphatic carbocycles. The van der Waals surface area contributed by atoms with Crippen molar-refractivity contribution >= 4 is 27.5 Å². The summed E-state index contributed by atoms with van der Waals surface area (Å²) in [7, 11) is -2.23. The number of sulfonamides is 1. The van der Waals surface area contributed by atoms with Crippen molar-refractivity contribution < 1.29 is 85.1 Å². The number of Topliss-reactive ketones (excluding diaryl/α,β-unsaturated/α-hetero) is 2. The molecule has 11 heteroatoms. The van der Waals surface area contributed by atoms with Gasteiger partial charge in [-0.3, -0.25) is 14.4 Å². The number of nitrogens with zero attached hydrogens (tertiary/aromatic N) is 1. The van der Waals surface area contributed by atoms with Gasteiger partial charge in [0.25, 0.3) is 5.91 Å². The maximum Gasteiger partial charge on any atom is 1.00 e. The molecule has 1 N–H and O–H groups in total. The summed E-state index contributed by atoms with van der Waals surface area (Å²) < 4.78 is 37.5.